The lowest BCUT2D eigenvalue weighted by Crippen LogP contribution is -2.43. The normalized spacial score (nSPS) is 19.9. The molecule has 0 fully saturated rings. The highest BCUT2D eigenvalue weighted by Crippen LogP contribution is 2.33. The van der Waals surface area contributed by atoms with Crippen LogP contribution in [0.1, 0.15) is 5.56 Å². The Morgan fingerprint density at radius 2 is 2.27 bits per heavy atom. The molecule has 0 bridgehead atoms. The molecular weight excluding hydrogens is 188 g/mol. The number of ether oxygens (including phenoxy) is 1. The third kappa shape index (κ3) is 1.79. The molecule has 1 aromatic carbocycles. The third-order valence-electron chi connectivity index (χ3n) is 3.09. The van der Waals surface area contributed by atoms with Gasteiger partial charge in [-0.05, 0) is 25.6 Å². The zero-order chi connectivity index (χ0) is 10.8. The van der Waals surface area contributed by atoms with Crippen LogP contribution in [0.5, 0.6) is 5.75 Å². The van der Waals surface area contributed by atoms with Crippen LogP contribution in [-0.4, -0.2) is 33.8 Å². The second kappa shape index (κ2) is 4.11. The van der Waals surface area contributed by atoms with Crippen LogP contribution in [0.3, 0.4) is 0 Å². The van der Waals surface area contributed by atoms with E-state index < -0.39 is 0 Å². The summed E-state index contributed by atoms with van der Waals surface area (Å²) in [6, 6.07) is 6.75. The number of likely N-dealkylation sites (N-methyl/N-ethyl adjacent to an activating group) is 2. The number of methoxy groups -OCH3 is 1. The predicted molar refractivity (Wildman–Crippen MR) is 62.8 cm³/mol. The van der Waals surface area contributed by atoms with E-state index in [9.17, 15) is 0 Å². The molecule has 1 heterocycles. The van der Waals surface area contributed by atoms with Crippen molar-refractivity contribution in [1.82, 2.24) is 5.32 Å². The molecule has 1 N–H and O–H groups in total. The van der Waals surface area contributed by atoms with E-state index in [1.165, 1.54) is 11.3 Å². The first kappa shape index (κ1) is 10.3. The van der Waals surface area contributed by atoms with E-state index in [0.717, 1.165) is 18.7 Å². The van der Waals surface area contributed by atoms with E-state index >= 15 is 0 Å². The van der Waals surface area contributed by atoms with Crippen LogP contribution in [0.4, 0.5) is 5.69 Å². The fraction of sp³-hybridized carbons (Fsp3) is 0.500. The quantitative estimate of drug-likeness (QED) is 0.789. The highest BCUT2D eigenvalue weighted by Gasteiger charge is 2.23. The van der Waals surface area contributed by atoms with E-state index in [2.05, 4.69) is 23.3 Å². The Labute approximate surface area is 91.0 Å². The van der Waals surface area contributed by atoms with Gasteiger partial charge in [0.2, 0.25) is 0 Å². The van der Waals surface area contributed by atoms with Gasteiger partial charge in [0.05, 0.1) is 7.11 Å². The number of hydrogen-bond donors (Lipinski definition) is 1. The van der Waals surface area contributed by atoms with Gasteiger partial charge in [-0.1, -0.05) is 6.07 Å². The number of benzene rings is 1. The van der Waals surface area contributed by atoms with Gasteiger partial charge in [-0.3, -0.25) is 0 Å². The SMILES string of the molecule is CNC1Cc2c(OC)cccc2N(C)C1. The van der Waals surface area contributed by atoms with Gasteiger partial charge in [0.25, 0.3) is 0 Å². The number of anilines is 1. The van der Waals surface area contributed by atoms with Gasteiger partial charge in [0.1, 0.15) is 5.75 Å². The summed E-state index contributed by atoms with van der Waals surface area (Å²) in [6.45, 7) is 1.05. The smallest absolute Gasteiger partial charge is 0.124 e. The first-order valence-electron chi connectivity index (χ1n) is 5.30. The minimum absolute atomic E-state index is 0.513. The average molecular weight is 206 g/mol. The van der Waals surface area contributed by atoms with Crippen LogP contribution in [0.15, 0.2) is 18.2 Å². The Morgan fingerprint density at radius 1 is 1.47 bits per heavy atom. The lowest BCUT2D eigenvalue weighted by atomic mass is 9.97. The van der Waals surface area contributed by atoms with E-state index in [1.807, 2.05) is 19.2 Å². The second-order valence-corrected chi connectivity index (χ2v) is 4.03. The zero-order valence-electron chi connectivity index (χ0n) is 9.58. The monoisotopic (exact) mass is 206 g/mol. The van der Waals surface area contributed by atoms with Crippen molar-refractivity contribution in [2.45, 2.75) is 12.5 Å². The van der Waals surface area contributed by atoms with Gasteiger partial charge in [-0.25, -0.2) is 0 Å². The molecular formula is C12H18N2O. The summed E-state index contributed by atoms with van der Waals surface area (Å²) in [5.41, 5.74) is 2.61. The van der Waals surface area contributed by atoms with E-state index in [1.54, 1.807) is 7.11 Å². The van der Waals surface area contributed by atoms with Crippen molar-refractivity contribution >= 4 is 5.69 Å². The summed E-state index contributed by atoms with van der Waals surface area (Å²) in [5.74, 6) is 0.999. The fourth-order valence-corrected chi connectivity index (χ4v) is 2.24. The Morgan fingerprint density at radius 3 is 2.93 bits per heavy atom. The molecule has 1 aliphatic heterocycles. The molecule has 0 spiro atoms. The zero-order valence-corrected chi connectivity index (χ0v) is 9.58. The Hall–Kier alpha value is -1.22. The van der Waals surface area contributed by atoms with Crippen LogP contribution in [0.2, 0.25) is 0 Å². The summed E-state index contributed by atoms with van der Waals surface area (Å²) in [5, 5.41) is 3.33. The molecule has 2 rings (SSSR count). The summed E-state index contributed by atoms with van der Waals surface area (Å²) in [4.78, 5) is 2.28. The highest BCUT2D eigenvalue weighted by atomic mass is 16.5. The first-order chi connectivity index (χ1) is 7.26. The van der Waals surface area contributed by atoms with Crippen LogP contribution in [0, 0.1) is 0 Å². The minimum Gasteiger partial charge on any atom is -0.496 e. The molecule has 1 aromatic rings. The topological polar surface area (TPSA) is 24.5 Å². The van der Waals surface area contributed by atoms with E-state index in [0.29, 0.717) is 6.04 Å². The molecule has 1 unspecified atom stereocenters. The predicted octanol–water partition coefficient (Wildman–Crippen LogP) is 1.28. The van der Waals surface area contributed by atoms with Crippen LogP contribution >= 0.6 is 0 Å². The molecule has 3 nitrogen and oxygen atoms in total. The van der Waals surface area contributed by atoms with Crippen LogP contribution in [0.25, 0.3) is 0 Å². The van der Waals surface area contributed by atoms with E-state index in [4.69, 9.17) is 4.74 Å². The number of fused-ring (bicyclic) bond motifs is 1. The molecule has 0 aliphatic carbocycles. The van der Waals surface area contributed by atoms with Crippen molar-refractivity contribution in [1.29, 1.82) is 0 Å². The van der Waals surface area contributed by atoms with E-state index in [-0.39, 0.29) is 0 Å². The maximum absolute atomic E-state index is 5.40. The molecule has 0 saturated carbocycles. The molecule has 0 aromatic heterocycles. The van der Waals surface area contributed by atoms with Gasteiger partial charge in [0, 0.05) is 30.9 Å². The van der Waals surface area contributed by atoms with Gasteiger partial charge in [-0.2, -0.15) is 0 Å². The number of hydrogen-bond acceptors (Lipinski definition) is 3. The minimum atomic E-state index is 0.513. The Balaban J connectivity index is 2.40. The summed E-state index contributed by atoms with van der Waals surface area (Å²) < 4.78 is 5.40. The van der Waals surface area contributed by atoms with Crippen molar-refractivity contribution in [2.75, 3.05) is 32.6 Å². The molecule has 82 valence electrons. The Kier molecular flexibility index (Phi) is 2.82. The standard InChI is InChI=1S/C12H18N2O/c1-13-9-7-10-11(14(2)8-9)5-4-6-12(10)15-3/h4-6,9,13H,7-8H2,1-3H3. The lowest BCUT2D eigenvalue weighted by molar-refractivity contribution is 0.403. The van der Waals surface area contributed by atoms with Crippen molar-refractivity contribution in [2.24, 2.45) is 0 Å². The lowest BCUT2D eigenvalue weighted by Gasteiger charge is -2.34. The number of nitrogens with zero attached hydrogens (tertiary/aromatic N) is 1. The summed E-state index contributed by atoms with van der Waals surface area (Å²) >= 11 is 0. The molecule has 15 heavy (non-hydrogen) atoms. The second-order valence-electron chi connectivity index (χ2n) is 4.03. The number of nitrogens with one attached hydrogen (secondary N) is 1. The summed E-state index contributed by atoms with van der Waals surface area (Å²) in [6.07, 6.45) is 1.04. The van der Waals surface area contributed by atoms with Crippen LogP contribution < -0.4 is 15.0 Å². The molecule has 1 atom stereocenters. The first-order valence-corrected chi connectivity index (χ1v) is 5.30. The van der Waals surface area contributed by atoms with Crippen molar-refractivity contribution in [3.05, 3.63) is 23.8 Å². The van der Waals surface area contributed by atoms with Gasteiger partial charge in [0.15, 0.2) is 0 Å². The van der Waals surface area contributed by atoms with Crippen molar-refractivity contribution in [3.63, 3.8) is 0 Å². The highest BCUT2D eigenvalue weighted by molar-refractivity contribution is 5.61. The Bertz CT molecular complexity index is 351. The summed E-state index contributed by atoms with van der Waals surface area (Å²) in [7, 11) is 5.87. The van der Waals surface area contributed by atoms with Gasteiger partial charge < -0.3 is 15.0 Å². The molecule has 0 radical (unpaired) electrons. The molecule has 0 saturated heterocycles. The molecule has 1 aliphatic rings. The van der Waals surface area contributed by atoms with Crippen LogP contribution in [-0.2, 0) is 6.42 Å². The van der Waals surface area contributed by atoms with Crippen molar-refractivity contribution in [3.8, 4) is 5.75 Å². The van der Waals surface area contributed by atoms with Gasteiger partial charge >= 0.3 is 0 Å². The molecule has 0 amide bonds. The van der Waals surface area contributed by atoms with Gasteiger partial charge in [-0.15, -0.1) is 0 Å². The molecule has 3 heteroatoms. The average Bonchev–Trinajstić information content (AvgIpc) is 2.28. The largest absolute Gasteiger partial charge is 0.496 e. The maximum Gasteiger partial charge on any atom is 0.124 e. The maximum atomic E-state index is 5.40. The third-order valence-corrected chi connectivity index (χ3v) is 3.09. The number of rotatable bonds is 2. The fourth-order valence-electron chi connectivity index (χ4n) is 2.24. The van der Waals surface area contributed by atoms with Crippen molar-refractivity contribution < 1.29 is 4.74 Å².